The van der Waals surface area contributed by atoms with E-state index < -0.39 is 0 Å². The molecule has 0 aliphatic rings. The Bertz CT molecular complexity index is 565. The van der Waals surface area contributed by atoms with Gasteiger partial charge in [0.05, 0.1) is 11.7 Å². The van der Waals surface area contributed by atoms with Crippen molar-refractivity contribution in [2.75, 3.05) is 19.6 Å². The van der Waals surface area contributed by atoms with Crippen molar-refractivity contribution < 1.29 is 49.4 Å². The molecule has 0 aliphatic heterocycles. The van der Waals surface area contributed by atoms with Crippen LogP contribution in [-0.4, -0.2) is 30.8 Å². The Kier molecular flexibility index (Phi) is 10.9. The summed E-state index contributed by atoms with van der Waals surface area (Å²) in [6.07, 6.45) is -0.265. The monoisotopic (exact) mass is 364 g/mol. The molecule has 0 saturated heterocycles. The summed E-state index contributed by atoms with van der Waals surface area (Å²) in [4.78, 5) is 0. The molecule has 4 nitrogen and oxygen atoms in total. The summed E-state index contributed by atoms with van der Waals surface area (Å²) in [5.41, 5.74) is 0.494. The number of hydrogen-bond donors (Lipinski definition) is 3. The Morgan fingerprint density at radius 3 is 2.48 bits per heavy atom. The molecular formula is C16H23Cl2FN2O2. The lowest BCUT2D eigenvalue weighted by Crippen LogP contribution is -3.00. The van der Waals surface area contributed by atoms with Crippen LogP contribution < -0.4 is 35.4 Å². The van der Waals surface area contributed by atoms with Gasteiger partial charge in [0.1, 0.15) is 37.8 Å². The molecule has 1 atom stereocenters. The van der Waals surface area contributed by atoms with Gasteiger partial charge in [-0.3, -0.25) is 0 Å². The largest absolute Gasteiger partial charge is 1.00 e. The number of quaternary nitrogens is 2. The fourth-order valence-corrected chi connectivity index (χ4v) is 2.13. The van der Waals surface area contributed by atoms with E-state index in [4.69, 9.17) is 9.52 Å². The Morgan fingerprint density at radius 2 is 1.78 bits per heavy atom. The van der Waals surface area contributed by atoms with Crippen LogP contribution in [0.5, 0.6) is 0 Å². The van der Waals surface area contributed by atoms with Crippen LogP contribution in [-0.2, 0) is 6.54 Å². The smallest absolute Gasteiger partial charge is 0.158 e. The van der Waals surface area contributed by atoms with E-state index in [0.717, 1.165) is 31.9 Å². The summed E-state index contributed by atoms with van der Waals surface area (Å²) < 4.78 is 19.3. The topological polar surface area (TPSA) is 66.6 Å². The molecule has 23 heavy (non-hydrogen) atoms. The maximum atomic E-state index is 13.6. The van der Waals surface area contributed by atoms with Crippen molar-refractivity contribution in [3.8, 4) is 11.3 Å². The van der Waals surface area contributed by atoms with Crippen molar-refractivity contribution >= 4 is 0 Å². The molecule has 7 heteroatoms. The average molecular weight is 365 g/mol. The maximum absolute atomic E-state index is 13.6. The highest BCUT2D eigenvalue weighted by Crippen LogP contribution is 2.24. The van der Waals surface area contributed by atoms with Gasteiger partial charge in [-0.15, -0.1) is 0 Å². The van der Waals surface area contributed by atoms with Crippen molar-refractivity contribution in [1.82, 2.24) is 0 Å². The summed E-state index contributed by atoms with van der Waals surface area (Å²) in [7, 11) is 0. The van der Waals surface area contributed by atoms with E-state index in [1.54, 1.807) is 31.2 Å². The minimum Gasteiger partial charge on any atom is -1.00 e. The molecule has 130 valence electrons. The zero-order chi connectivity index (χ0) is 15.1. The third kappa shape index (κ3) is 7.33. The van der Waals surface area contributed by atoms with Crippen LogP contribution >= 0.6 is 0 Å². The molecule has 0 fully saturated rings. The first-order valence-electron chi connectivity index (χ1n) is 7.32. The van der Waals surface area contributed by atoms with Crippen LogP contribution in [0.15, 0.2) is 40.8 Å². The molecule has 2 aromatic rings. The minimum atomic E-state index is -0.268. The zero-order valence-corrected chi connectivity index (χ0v) is 14.5. The number of nitrogens with two attached hydrogens (primary N) is 2. The van der Waals surface area contributed by atoms with E-state index >= 15 is 0 Å². The molecule has 1 aromatic heterocycles. The fourth-order valence-electron chi connectivity index (χ4n) is 2.13. The summed E-state index contributed by atoms with van der Waals surface area (Å²) >= 11 is 0. The lowest BCUT2D eigenvalue weighted by molar-refractivity contribution is -0.733. The van der Waals surface area contributed by atoms with Gasteiger partial charge >= 0.3 is 0 Å². The first-order chi connectivity index (χ1) is 10.2. The molecule has 0 spiro atoms. The van der Waals surface area contributed by atoms with Gasteiger partial charge in [0.25, 0.3) is 0 Å². The van der Waals surface area contributed by atoms with Gasteiger partial charge < -0.3 is 45.0 Å². The first-order valence-corrected chi connectivity index (χ1v) is 7.32. The Balaban J connectivity index is 0.00000242. The van der Waals surface area contributed by atoms with Gasteiger partial charge in [-0.1, -0.05) is 12.1 Å². The molecular weight excluding hydrogens is 342 g/mol. The molecule has 1 unspecified atom stereocenters. The van der Waals surface area contributed by atoms with Gasteiger partial charge in [0.15, 0.2) is 5.76 Å². The van der Waals surface area contributed by atoms with E-state index in [1.807, 2.05) is 6.07 Å². The molecule has 0 bridgehead atoms. The van der Waals surface area contributed by atoms with Crippen LogP contribution in [0.3, 0.4) is 0 Å². The highest BCUT2D eigenvalue weighted by molar-refractivity contribution is 5.58. The third-order valence-electron chi connectivity index (χ3n) is 3.23. The Hall–Kier alpha value is -1.11. The third-order valence-corrected chi connectivity index (χ3v) is 3.23. The lowest BCUT2D eigenvalue weighted by Gasteiger charge is -2.03. The average Bonchev–Trinajstić information content (AvgIpc) is 2.91. The second-order valence-corrected chi connectivity index (χ2v) is 5.19. The van der Waals surface area contributed by atoms with Crippen molar-refractivity contribution in [2.45, 2.75) is 19.6 Å². The van der Waals surface area contributed by atoms with Crippen LogP contribution in [0.4, 0.5) is 4.39 Å². The summed E-state index contributed by atoms with van der Waals surface area (Å²) in [6, 6.07) is 10.3. The van der Waals surface area contributed by atoms with Crippen LogP contribution in [0, 0.1) is 5.82 Å². The Morgan fingerprint density at radius 1 is 1.09 bits per heavy atom. The predicted molar refractivity (Wildman–Crippen MR) is 77.9 cm³/mol. The van der Waals surface area contributed by atoms with Gasteiger partial charge in [0, 0.05) is 0 Å². The number of halogens is 3. The lowest BCUT2D eigenvalue weighted by atomic mass is 10.1. The van der Waals surface area contributed by atoms with Gasteiger partial charge in [-0.05, 0) is 31.2 Å². The van der Waals surface area contributed by atoms with Crippen molar-refractivity contribution in [3.63, 3.8) is 0 Å². The normalized spacial score (nSPS) is 11.4. The highest BCUT2D eigenvalue weighted by atomic mass is 35.5. The van der Waals surface area contributed by atoms with E-state index in [9.17, 15) is 4.39 Å². The zero-order valence-electron chi connectivity index (χ0n) is 13.0. The van der Waals surface area contributed by atoms with Crippen LogP contribution in [0.2, 0.25) is 0 Å². The summed E-state index contributed by atoms with van der Waals surface area (Å²) in [5, 5.41) is 13.4. The number of benzene rings is 1. The van der Waals surface area contributed by atoms with Gasteiger partial charge in [0.2, 0.25) is 0 Å². The van der Waals surface area contributed by atoms with E-state index in [2.05, 4.69) is 10.6 Å². The van der Waals surface area contributed by atoms with E-state index in [1.165, 1.54) is 6.07 Å². The van der Waals surface area contributed by atoms with E-state index in [0.29, 0.717) is 11.3 Å². The molecule has 0 aliphatic carbocycles. The fraction of sp³-hybridized carbons (Fsp3) is 0.375. The first kappa shape index (κ1) is 21.9. The molecule has 0 saturated carbocycles. The van der Waals surface area contributed by atoms with Crippen molar-refractivity contribution in [3.05, 3.63) is 48.0 Å². The quantitative estimate of drug-likeness (QED) is 0.408. The number of hydrogen-bond acceptors (Lipinski definition) is 2. The summed E-state index contributed by atoms with van der Waals surface area (Å²) in [5.74, 6) is 1.14. The number of furan rings is 1. The highest BCUT2D eigenvalue weighted by Gasteiger charge is 2.09. The van der Waals surface area contributed by atoms with Gasteiger partial charge in [-0.25, -0.2) is 4.39 Å². The van der Waals surface area contributed by atoms with Crippen LogP contribution in [0.25, 0.3) is 11.3 Å². The minimum absolute atomic E-state index is 0. The molecule has 1 heterocycles. The van der Waals surface area contributed by atoms with Crippen molar-refractivity contribution in [2.24, 2.45) is 0 Å². The number of aliphatic hydroxyl groups excluding tert-OH is 1. The molecule has 1 aromatic carbocycles. The second kappa shape index (κ2) is 11.4. The number of aliphatic hydroxyl groups is 1. The van der Waals surface area contributed by atoms with Crippen LogP contribution in [0.1, 0.15) is 12.7 Å². The van der Waals surface area contributed by atoms with E-state index in [-0.39, 0.29) is 36.7 Å². The van der Waals surface area contributed by atoms with Crippen molar-refractivity contribution in [1.29, 1.82) is 0 Å². The SMILES string of the molecule is CC(O)C[NH2+]CC[NH2+]Cc1ccc(-c2ccccc2F)o1.[Cl-].[Cl-]. The molecule has 0 amide bonds. The second-order valence-electron chi connectivity index (χ2n) is 5.19. The van der Waals surface area contributed by atoms with Gasteiger partial charge in [-0.2, -0.15) is 0 Å². The Labute approximate surface area is 148 Å². The summed E-state index contributed by atoms with van der Waals surface area (Å²) in [6.45, 7) is 5.14. The molecule has 0 radical (unpaired) electrons. The molecule has 5 N–H and O–H groups in total. The standard InChI is InChI=1S/C16H21FN2O2.2ClH/c1-12(20)10-18-8-9-19-11-13-6-7-16(21-13)14-4-2-3-5-15(14)17;;/h2-7,12,18-20H,8-11H2,1H3;2*1H. The maximum Gasteiger partial charge on any atom is 0.158 e. The number of rotatable bonds is 8. The predicted octanol–water partition coefficient (Wildman–Crippen LogP) is -5.90. The molecule has 2 rings (SSSR count).